The number of rotatable bonds is 3. The standard InChI is InChI=1S/C13H17N3/c1-10-8-13(16(2)15-10)12(14)9-11-6-4-3-5-7-11/h3-8,12H,9,14H2,1-2H3. The van der Waals surface area contributed by atoms with Crippen LogP contribution in [0.3, 0.4) is 0 Å². The minimum atomic E-state index is 0.00796. The molecular weight excluding hydrogens is 198 g/mol. The van der Waals surface area contributed by atoms with Crippen molar-refractivity contribution < 1.29 is 0 Å². The summed E-state index contributed by atoms with van der Waals surface area (Å²) in [7, 11) is 1.94. The van der Waals surface area contributed by atoms with Gasteiger partial charge in [-0.15, -0.1) is 0 Å². The Labute approximate surface area is 95.9 Å². The smallest absolute Gasteiger partial charge is 0.0597 e. The van der Waals surface area contributed by atoms with Gasteiger partial charge in [-0.3, -0.25) is 4.68 Å². The lowest BCUT2D eigenvalue weighted by molar-refractivity contribution is 0.615. The Balaban J connectivity index is 2.14. The number of hydrogen-bond donors (Lipinski definition) is 1. The third kappa shape index (κ3) is 2.31. The normalized spacial score (nSPS) is 12.7. The van der Waals surface area contributed by atoms with Gasteiger partial charge in [-0.2, -0.15) is 5.10 Å². The summed E-state index contributed by atoms with van der Waals surface area (Å²) in [5, 5.41) is 4.31. The molecule has 0 aliphatic carbocycles. The highest BCUT2D eigenvalue weighted by Gasteiger charge is 2.11. The second-order valence-corrected chi connectivity index (χ2v) is 4.13. The highest BCUT2D eigenvalue weighted by Crippen LogP contribution is 2.16. The van der Waals surface area contributed by atoms with E-state index in [4.69, 9.17) is 5.73 Å². The molecule has 3 heteroatoms. The van der Waals surface area contributed by atoms with E-state index in [2.05, 4.69) is 17.2 Å². The zero-order chi connectivity index (χ0) is 11.5. The average molecular weight is 215 g/mol. The fourth-order valence-electron chi connectivity index (χ4n) is 1.95. The van der Waals surface area contributed by atoms with Crippen LogP contribution in [0.25, 0.3) is 0 Å². The van der Waals surface area contributed by atoms with Crippen molar-refractivity contribution in [1.82, 2.24) is 9.78 Å². The van der Waals surface area contributed by atoms with Crippen molar-refractivity contribution in [3.8, 4) is 0 Å². The summed E-state index contributed by atoms with van der Waals surface area (Å²) in [6.45, 7) is 1.98. The second kappa shape index (κ2) is 4.49. The summed E-state index contributed by atoms with van der Waals surface area (Å²) < 4.78 is 1.86. The quantitative estimate of drug-likeness (QED) is 0.850. The van der Waals surface area contributed by atoms with Crippen LogP contribution >= 0.6 is 0 Å². The molecule has 0 saturated carbocycles. The van der Waals surface area contributed by atoms with Crippen LogP contribution in [0.15, 0.2) is 36.4 Å². The van der Waals surface area contributed by atoms with Gasteiger partial charge in [0, 0.05) is 7.05 Å². The molecule has 3 nitrogen and oxygen atoms in total. The average Bonchev–Trinajstić information content (AvgIpc) is 2.59. The van der Waals surface area contributed by atoms with Gasteiger partial charge in [0.05, 0.1) is 17.4 Å². The number of hydrogen-bond acceptors (Lipinski definition) is 2. The molecule has 1 atom stereocenters. The Bertz CT molecular complexity index is 459. The van der Waals surface area contributed by atoms with Crippen molar-refractivity contribution in [2.24, 2.45) is 12.8 Å². The monoisotopic (exact) mass is 215 g/mol. The van der Waals surface area contributed by atoms with Crippen molar-refractivity contribution in [2.45, 2.75) is 19.4 Å². The van der Waals surface area contributed by atoms with Gasteiger partial charge in [0.1, 0.15) is 0 Å². The lowest BCUT2D eigenvalue weighted by Gasteiger charge is -2.11. The van der Waals surface area contributed by atoms with Gasteiger partial charge in [0.25, 0.3) is 0 Å². The van der Waals surface area contributed by atoms with E-state index in [0.717, 1.165) is 17.8 Å². The van der Waals surface area contributed by atoms with E-state index in [-0.39, 0.29) is 6.04 Å². The third-order valence-electron chi connectivity index (χ3n) is 2.72. The Morgan fingerprint density at radius 2 is 2.00 bits per heavy atom. The summed E-state index contributed by atoms with van der Waals surface area (Å²) >= 11 is 0. The first kappa shape index (κ1) is 10.9. The highest BCUT2D eigenvalue weighted by molar-refractivity contribution is 5.20. The molecule has 0 saturated heterocycles. The first-order chi connectivity index (χ1) is 7.66. The fourth-order valence-corrected chi connectivity index (χ4v) is 1.95. The van der Waals surface area contributed by atoms with Crippen LogP contribution in [0, 0.1) is 6.92 Å². The topological polar surface area (TPSA) is 43.8 Å². The summed E-state index contributed by atoms with van der Waals surface area (Å²) in [5.41, 5.74) is 9.54. The summed E-state index contributed by atoms with van der Waals surface area (Å²) in [6, 6.07) is 12.4. The van der Waals surface area contributed by atoms with Gasteiger partial charge >= 0.3 is 0 Å². The van der Waals surface area contributed by atoms with E-state index < -0.39 is 0 Å². The molecular formula is C13H17N3. The van der Waals surface area contributed by atoms with Crippen LogP contribution in [0.5, 0.6) is 0 Å². The van der Waals surface area contributed by atoms with Crippen molar-refractivity contribution >= 4 is 0 Å². The predicted molar refractivity (Wildman–Crippen MR) is 65.0 cm³/mol. The highest BCUT2D eigenvalue weighted by atomic mass is 15.3. The maximum atomic E-state index is 6.18. The maximum absolute atomic E-state index is 6.18. The Kier molecular flexibility index (Phi) is 3.06. The molecule has 1 aromatic heterocycles. The van der Waals surface area contributed by atoms with Crippen LogP contribution < -0.4 is 5.73 Å². The molecule has 0 fully saturated rings. The van der Waals surface area contributed by atoms with E-state index in [9.17, 15) is 0 Å². The van der Waals surface area contributed by atoms with Crippen LogP contribution in [0.2, 0.25) is 0 Å². The van der Waals surface area contributed by atoms with E-state index in [1.807, 2.05) is 42.9 Å². The van der Waals surface area contributed by atoms with Crippen LogP contribution in [0.1, 0.15) is 23.0 Å². The van der Waals surface area contributed by atoms with Gasteiger partial charge in [0.2, 0.25) is 0 Å². The van der Waals surface area contributed by atoms with Crippen LogP contribution in [0.4, 0.5) is 0 Å². The van der Waals surface area contributed by atoms with Gasteiger partial charge in [0.15, 0.2) is 0 Å². The molecule has 0 aliphatic rings. The van der Waals surface area contributed by atoms with E-state index >= 15 is 0 Å². The zero-order valence-electron chi connectivity index (χ0n) is 9.72. The lowest BCUT2D eigenvalue weighted by atomic mass is 10.0. The Morgan fingerprint density at radius 1 is 1.31 bits per heavy atom. The molecule has 2 aromatic rings. The fraction of sp³-hybridized carbons (Fsp3) is 0.308. The second-order valence-electron chi connectivity index (χ2n) is 4.13. The molecule has 2 N–H and O–H groups in total. The van der Waals surface area contributed by atoms with Crippen molar-refractivity contribution in [2.75, 3.05) is 0 Å². The van der Waals surface area contributed by atoms with Crippen molar-refractivity contribution in [3.63, 3.8) is 0 Å². The zero-order valence-corrected chi connectivity index (χ0v) is 9.72. The number of benzene rings is 1. The molecule has 1 aromatic carbocycles. The number of aryl methyl sites for hydroxylation is 2. The van der Waals surface area contributed by atoms with Gasteiger partial charge < -0.3 is 5.73 Å². The number of nitrogens with zero attached hydrogens (tertiary/aromatic N) is 2. The summed E-state index contributed by atoms with van der Waals surface area (Å²) in [5.74, 6) is 0. The van der Waals surface area contributed by atoms with Crippen LogP contribution in [-0.2, 0) is 13.5 Å². The molecule has 0 spiro atoms. The molecule has 84 valence electrons. The summed E-state index contributed by atoms with van der Waals surface area (Å²) in [6.07, 6.45) is 0.847. The van der Waals surface area contributed by atoms with Gasteiger partial charge in [-0.25, -0.2) is 0 Å². The molecule has 1 heterocycles. The maximum Gasteiger partial charge on any atom is 0.0597 e. The van der Waals surface area contributed by atoms with Crippen molar-refractivity contribution in [1.29, 1.82) is 0 Å². The SMILES string of the molecule is Cc1cc(C(N)Cc2ccccc2)n(C)n1. The summed E-state index contributed by atoms with van der Waals surface area (Å²) in [4.78, 5) is 0. The van der Waals surface area contributed by atoms with Gasteiger partial charge in [-0.05, 0) is 25.0 Å². The molecule has 2 rings (SSSR count). The minimum Gasteiger partial charge on any atom is -0.322 e. The lowest BCUT2D eigenvalue weighted by Crippen LogP contribution is -2.17. The molecule has 1 unspecified atom stereocenters. The number of aromatic nitrogens is 2. The van der Waals surface area contributed by atoms with Gasteiger partial charge in [-0.1, -0.05) is 30.3 Å². The van der Waals surface area contributed by atoms with E-state index in [0.29, 0.717) is 0 Å². The Morgan fingerprint density at radius 3 is 2.56 bits per heavy atom. The molecule has 0 amide bonds. The van der Waals surface area contributed by atoms with Crippen LogP contribution in [-0.4, -0.2) is 9.78 Å². The van der Waals surface area contributed by atoms with Crippen molar-refractivity contribution in [3.05, 3.63) is 53.3 Å². The third-order valence-corrected chi connectivity index (χ3v) is 2.72. The molecule has 0 radical (unpaired) electrons. The molecule has 0 aliphatic heterocycles. The van der Waals surface area contributed by atoms with E-state index in [1.54, 1.807) is 0 Å². The number of nitrogens with two attached hydrogens (primary N) is 1. The largest absolute Gasteiger partial charge is 0.322 e. The predicted octanol–water partition coefficient (Wildman–Crippen LogP) is 1.97. The minimum absolute atomic E-state index is 0.00796. The molecule has 0 bridgehead atoms. The first-order valence-corrected chi connectivity index (χ1v) is 5.47. The van der Waals surface area contributed by atoms with E-state index in [1.165, 1.54) is 5.56 Å². The first-order valence-electron chi connectivity index (χ1n) is 5.47. The molecule has 16 heavy (non-hydrogen) atoms. The Hall–Kier alpha value is -1.61.